The van der Waals surface area contributed by atoms with Gasteiger partial charge in [-0.1, -0.05) is 0 Å². The maximum absolute atomic E-state index is 12.1. The van der Waals surface area contributed by atoms with Crippen molar-refractivity contribution in [2.45, 2.75) is 58.3 Å². The van der Waals surface area contributed by atoms with Crippen LogP contribution in [0.2, 0.25) is 0 Å². The van der Waals surface area contributed by atoms with Crippen LogP contribution in [0.15, 0.2) is 18.2 Å². The van der Waals surface area contributed by atoms with Crippen molar-refractivity contribution in [3.8, 4) is 5.75 Å². The van der Waals surface area contributed by atoms with Crippen LogP contribution in [0.1, 0.15) is 40.5 Å². The molecule has 0 spiro atoms. The number of benzene rings is 1. The lowest BCUT2D eigenvalue weighted by molar-refractivity contribution is 0.0232. The second-order valence-corrected chi connectivity index (χ2v) is 7.09. The number of methoxy groups -OCH3 is 1. The summed E-state index contributed by atoms with van der Waals surface area (Å²) in [4.78, 5) is 12.1. The van der Waals surface area contributed by atoms with Gasteiger partial charge in [0.1, 0.15) is 11.4 Å². The number of nitrogens with one attached hydrogen (secondary N) is 2. The number of ether oxygens (including phenoxy) is 3. The van der Waals surface area contributed by atoms with Crippen molar-refractivity contribution in [3.05, 3.63) is 18.2 Å². The van der Waals surface area contributed by atoms with Crippen LogP contribution in [0.25, 0.3) is 0 Å². The van der Waals surface area contributed by atoms with Crippen LogP contribution in [0.5, 0.6) is 5.75 Å². The Morgan fingerprint density at radius 3 is 2.67 bits per heavy atom. The molecule has 1 amide bonds. The number of hydrogen-bond acceptors (Lipinski definition) is 5. The van der Waals surface area contributed by atoms with Gasteiger partial charge in [-0.05, 0) is 52.7 Å². The normalized spacial score (nSPS) is 21.0. The summed E-state index contributed by atoms with van der Waals surface area (Å²) in [5.74, 6) is 0.729. The number of hydrogen-bond donors (Lipinski definition) is 2. The van der Waals surface area contributed by atoms with Crippen molar-refractivity contribution in [2.24, 2.45) is 0 Å². The molecule has 1 saturated heterocycles. The molecule has 2 N–H and O–H groups in total. The highest BCUT2D eigenvalue weighted by molar-refractivity contribution is 5.90. The largest absolute Gasteiger partial charge is 0.497 e. The van der Waals surface area contributed by atoms with E-state index in [0.29, 0.717) is 11.7 Å². The lowest BCUT2D eigenvalue weighted by Gasteiger charge is -2.29. The van der Waals surface area contributed by atoms with Crippen LogP contribution in [0, 0.1) is 0 Å². The Morgan fingerprint density at radius 1 is 1.29 bits per heavy atom. The van der Waals surface area contributed by atoms with Crippen LogP contribution in [-0.4, -0.2) is 37.6 Å². The molecule has 0 radical (unpaired) electrons. The molecule has 1 fully saturated rings. The van der Waals surface area contributed by atoms with Gasteiger partial charge in [0.25, 0.3) is 0 Å². The Kier molecular flexibility index (Phi) is 5.94. The molecule has 0 aromatic heterocycles. The van der Waals surface area contributed by atoms with Gasteiger partial charge in [0.2, 0.25) is 0 Å². The molecule has 1 aromatic rings. The SMILES string of the molecule is COc1ccc(NC(=O)OC(C)(C)C)c(NC2CCOC(C)C2)c1. The van der Waals surface area contributed by atoms with Gasteiger partial charge >= 0.3 is 6.09 Å². The molecule has 0 aliphatic carbocycles. The smallest absolute Gasteiger partial charge is 0.412 e. The highest BCUT2D eigenvalue weighted by Crippen LogP contribution is 2.30. The number of carbonyl (C=O) groups is 1. The molecule has 1 aliphatic rings. The Bertz CT molecular complexity index is 569. The van der Waals surface area contributed by atoms with Gasteiger partial charge < -0.3 is 19.5 Å². The van der Waals surface area contributed by atoms with Gasteiger partial charge in [0.15, 0.2) is 0 Å². The minimum absolute atomic E-state index is 0.226. The summed E-state index contributed by atoms with van der Waals surface area (Å²) in [5.41, 5.74) is 0.948. The molecule has 6 heteroatoms. The van der Waals surface area contributed by atoms with E-state index < -0.39 is 11.7 Å². The van der Waals surface area contributed by atoms with E-state index in [2.05, 4.69) is 17.6 Å². The van der Waals surface area contributed by atoms with Crippen molar-refractivity contribution in [2.75, 3.05) is 24.4 Å². The molecular formula is C18H28N2O4. The fourth-order valence-corrected chi connectivity index (χ4v) is 2.64. The van der Waals surface area contributed by atoms with E-state index in [1.165, 1.54) is 0 Å². The van der Waals surface area contributed by atoms with Crippen molar-refractivity contribution in [1.29, 1.82) is 0 Å². The molecular weight excluding hydrogens is 308 g/mol. The highest BCUT2D eigenvalue weighted by atomic mass is 16.6. The van der Waals surface area contributed by atoms with E-state index in [1.54, 1.807) is 7.11 Å². The van der Waals surface area contributed by atoms with Crippen molar-refractivity contribution < 1.29 is 19.0 Å². The summed E-state index contributed by atoms with van der Waals surface area (Å²) in [5, 5.41) is 6.30. The molecule has 6 nitrogen and oxygen atoms in total. The van der Waals surface area contributed by atoms with Crippen LogP contribution < -0.4 is 15.4 Å². The standard InChI is InChI=1S/C18H28N2O4/c1-12-10-13(8-9-23-12)19-16-11-14(22-5)6-7-15(16)20-17(21)24-18(2,3)4/h6-7,11-13,19H,8-10H2,1-5H3,(H,20,21). The van der Waals surface area contributed by atoms with E-state index in [9.17, 15) is 4.79 Å². The van der Waals surface area contributed by atoms with E-state index in [1.807, 2.05) is 39.0 Å². The zero-order chi connectivity index (χ0) is 17.7. The van der Waals surface area contributed by atoms with Gasteiger partial charge in [-0.15, -0.1) is 0 Å². The number of carbonyl (C=O) groups excluding carboxylic acids is 1. The third-order valence-electron chi connectivity index (χ3n) is 3.71. The monoisotopic (exact) mass is 336 g/mol. The maximum atomic E-state index is 12.1. The van der Waals surface area contributed by atoms with Gasteiger partial charge in [0, 0.05) is 18.7 Å². The second kappa shape index (κ2) is 7.75. The second-order valence-electron chi connectivity index (χ2n) is 7.09. The maximum Gasteiger partial charge on any atom is 0.412 e. The predicted molar refractivity (Wildman–Crippen MR) is 94.9 cm³/mol. The van der Waals surface area contributed by atoms with Gasteiger partial charge in [-0.2, -0.15) is 0 Å². The average molecular weight is 336 g/mol. The summed E-state index contributed by atoms with van der Waals surface area (Å²) in [6, 6.07) is 5.80. The van der Waals surface area contributed by atoms with Crippen LogP contribution >= 0.6 is 0 Å². The van der Waals surface area contributed by atoms with Crippen molar-refractivity contribution in [3.63, 3.8) is 0 Å². The minimum atomic E-state index is -0.541. The molecule has 2 rings (SSSR count). The molecule has 24 heavy (non-hydrogen) atoms. The molecule has 1 aliphatic heterocycles. The van der Waals surface area contributed by atoms with Crippen molar-refractivity contribution >= 4 is 17.5 Å². The minimum Gasteiger partial charge on any atom is -0.497 e. The predicted octanol–water partition coefficient (Wildman–Crippen LogP) is 4.02. The topological polar surface area (TPSA) is 68.8 Å². The number of amides is 1. The lowest BCUT2D eigenvalue weighted by Crippen LogP contribution is -2.33. The molecule has 1 heterocycles. The fourth-order valence-electron chi connectivity index (χ4n) is 2.64. The first kappa shape index (κ1) is 18.4. The zero-order valence-electron chi connectivity index (χ0n) is 15.1. The van der Waals surface area contributed by atoms with E-state index >= 15 is 0 Å². The third kappa shape index (κ3) is 5.60. The molecule has 0 saturated carbocycles. The first-order chi connectivity index (χ1) is 11.3. The summed E-state index contributed by atoms with van der Waals surface area (Å²) in [7, 11) is 1.62. The fraction of sp³-hybridized carbons (Fsp3) is 0.611. The first-order valence-corrected chi connectivity index (χ1v) is 8.33. The summed E-state index contributed by atoms with van der Waals surface area (Å²) < 4.78 is 16.2. The Morgan fingerprint density at radius 2 is 2.04 bits per heavy atom. The van der Waals surface area contributed by atoms with E-state index in [-0.39, 0.29) is 6.10 Å². The third-order valence-corrected chi connectivity index (χ3v) is 3.71. The van der Waals surface area contributed by atoms with Gasteiger partial charge in [0.05, 0.1) is 24.6 Å². The van der Waals surface area contributed by atoms with E-state index in [4.69, 9.17) is 14.2 Å². The Hall–Kier alpha value is -1.95. The van der Waals surface area contributed by atoms with Crippen molar-refractivity contribution in [1.82, 2.24) is 0 Å². The lowest BCUT2D eigenvalue weighted by atomic mass is 10.0. The zero-order valence-corrected chi connectivity index (χ0v) is 15.1. The average Bonchev–Trinajstić information content (AvgIpc) is 2.47. The Labute approximate surface area is 143 Å². The molecule has 2 unspecified atom stereocenters. The van der Waals surface area contributed by atoms with Crippen LogP contribution in [-0.2, 0) is 9.47 Å². The van der Waals surface area contributed by atoms with E-state index in [0.717, 1.165) is 30.9 Å². The van der Waals surface area contributed by atoms with Crippen LogP contribution in [0.4, 0.5) is 16.2 Å². The summed E-state index contributed by atoms with van der Waals surface area (Å²) in [6.45, 7) is 8.31. The van der Waals surface area contributed by atoms with Crippen LogP contribution in [0.3, 0.4) is 0 Å². The highest BCUT2D eigenvalue weighted by Gasteiger charge is 2.22. The summed E-state index contributed by atoms with van der Waals surface area (Å²) in [6.07, 6.45) is 1.59. The summed E-state index contributed by atoms with van der Waals surface area (Å²) >= 11 is 0. The molecule has 0 bridgehead atoms. The number of anilines is 2. The number of rotatable bonds is 4. The molecule has 1 aromatic carbocycles. The van der Waals surface area contributed by atoms with Gasteiger partial charge in [-0.3, -0.25) is 5.32 Å². The molecule has 134 valence electrons. The quantitative estimate of drug-likeness (QED) is 0.869. The Balaban J connectivity index is 2.13. The first-order valence-electron chi connectivity index (χ1n) is 8.33. The molecule has 2 atom stereocenters. The van der Waals surface area contributed by atoms with Gasteiger partial charge in [-0.25, -0.2) is 4.79 Å².